The Hall–Kier alpha value is -1.07. The predicted octanol–water partition coefficient (Wildman–Crippen LogP) is 3.84. The number of rotatable bonds is 3. The molecule has 0 aliphatic heterocycles. The maximum Gasteiger partial charge on any atom is 0.240 e. The van der Waals surface area contributed by atoms with Crippen LogP contribution in [0.3, 0.4) is 0 Å². The number of nitrogens with two attached hydrogens (primary N) is 1. The molecule has 4 nitrogen and oxygen atoms in total. The van der Waals surface area contributed by atoms with Gasteiger partial charge in [0.2, 0.25) is 10.0 Å². The average molecular weight is 476 g/mol. The van der Waals surface area contributed by atoms with E-state index in [1.165, 1.54) is 11.1 Å². The number of nitrogens with one attached hydrogen (secondary N) is 1. The van der Waals surface area contributed by atoms with Gasteiger partial charge in [-0.1, -0.05) is 65.9 Å². The summed E-state index contributed by atoms with van der Waals surface area (Å²) in [5.41, 5.74) is 9.68. The van der Waals surface area contributed by atoms with Gasteiger partial charge in [-0.05, 0) is 45.7 Å². The summed E-state index contributed by atoms with van der Waals surface area (Å²) in [5, 5.41) is 0. The Kier molecular flexibility index (Phi) is 9.82. The summed E-state index contributed by atoms with van der Waals surface area (Å²) in [4.78, 5) is 0.311. The van der Waals surface area contributed by atoms with Crippen molar-refractivity contribution in [3.63, 3.8) is 0 Å². The summed E-state index contributed by atoms with van der Waals surface area (Å²) >= 11 is 0. The molecule has 6 heteroatoms. The number of aryl methyl sites for hydroxylation is 3. The molecular weight excluding hydrogens is 445 g/mol. The first-order valence-electron chi connectivity index (χ1n) is 9.16. The van der Waals surface area contributed by atoms with E-state index in [2.05, 4.69) is 42.8 Å². The minimum Gasteiger partial charge on any atom is -0.326 e. The van der Waals surface area contributed by atoms with E-state index >= 15 is 0 Å². The van der Waals surface area contributed by atoms with Crippen molar-refractivity contribution in [3.8, 4) is 0 Å². The third kappa shape index (κ3) is 7.83. The molecule has 0 aromatic heterocycles. The topological polar surface area (TPSA) is 72.2 Å². The Bertz CT molecular complexity index is 790. The van der Waals surface area contributed by atoms with Crippen molar-refractivity contribution in [1.29, 1.82) is 0 Å². The molecule has 3 N–H and O–H groups in total. The van der Waals surface area contributed by atoms with E-state index in [0.717, 1.165) is 31.2 Å². The van der Waals surface area contributed by atoms with Gasteiger partial charge in [0, 0.05) is 31.6 Å². The Balaban J connectivity index is 0.000000342. The smallest absolute Gasteiger partial charge is 0.240 e. The van der Waals surface area contributed by atoms with E-state index in [1.807, 2.05) is 6.92 Å². The fraction of sp³-hybridized carbons (Fsp3) is 0.429. The minimum atomic E-state index is -3.44. The first-order valence-corrected chi connectivity index (χ1v) is 10.6. The summed E-state index contributed by atoms with van der Waals surface area (Å²) in [6.07, 6.45) is 3.84. The van der Waals surface area contributed by atoms with Crippen LogP contribution < -0.4 is 10.5 Å². The van der Waals surface area contributed by atoms with Crippen LogP contribution >= 0.6 is 0 Å². The number of sulfonamides is 1. The van der Waals surface area contributed by atoms with Gasteiger partial charge >= 0.3 is 0 Å². The summed E-state index contributed by atoms with van der Waals surface area (Å²) < 4.78 is 27.1. The van der Waals surface area contributed by atoms with Crippen LogP contribution in [0, 0.1) is 20.8 Å². The molecule has 1 fully saturated rings. The third-order valence-corrected chi connectivity index (χ3v) is 6.14. The van der Waals surface area contributed by atoms with E-state index in [-0.39, 0.29) is 31.6 Å². The zero-order valence-electron chi connectivity index (χ0n) is 16.3. The Morgan fingerprint density at radius 1 is 0.889 bits per heavy atom. The summed E-state index contributed by atoms with van der Waals surface area (Å²) in [5.74, 6) is 0. The van der Waals surface area contributed by atoms with Crippen LogP contribution in [0.15, 0.2) is 53.4 Å². The molecule has 150 valence electrons. The fourth-order valence-electron chi connectivity index (χ4n) is 3.10. The van der Waals surface area contributed by atoms with Gasteiger partial charge in [0.15, 0.2) is 0 Å². The SMILES string of the molecule is Cc1ccc(S(=O)(=O)N[C@@H]2CCCC[C@H]2N)cc1.Cc1cccc(C)c1.[Ru]. The van der Waals surface area contributed by atoms with Crippen molar-refractivity contribution in [2.45, 2.75) is 63.4 Å². The van der Waals surface area contributed by atoms with Crippen LogP contribution in [0.25, 0.3) is 0 Å². The van der Waals surface area contributed by atoms with Gasteiger partial charge in [0.05, 0.1) is 4.90 Å². The number of benzene rings is 2. The molecule has 2 aromatic carbocycles. The average Bonchev–Trinajstić information content (AvgIpc) is 2.57. The van der Waals surface area contributed by atoms with E-state index in [4.69, 9.17) is 5.73 Å². The largest absolute Gasteiger partial charge is 0.326 e. The van der Waals surface area contributed by atoms with E-state index in [1.54, 1.807) is 24.3 Å². The van der Waals surface area contributed by atoms with Crippen molar-refractivity contribution >= 4 is 10.0 Å². The van der Waals surface area contributed by atoms with Gasteiger partial charge < -0.3 is 5.73 Å². The van der Waals surface area contributed by atoms with Crippen LogP contribution in [-0.4, -0.2) is 20.5 Å². The van der Waals surface area contributed by atoms with Crippen LogP contribution in [0.1, 0.15) is 42.4 Å². The van der Waals surface area contributed by atoms with Gasteiger partial charge in [-0.15, -0.1) is 0 Å². The van der Waals surface area contributed by atoms with Crippen LogP contribution in [0.5, 0.6) is 0 Å². The standard InChI is InChI=1S/C13H20N2O2S.C8H10.Ru/c1-10-6-8-11(9-7-10)18(16,17)15-13-5-3-2-4-12(13)14;1-7-4-3-5-8(2)6-7;/h6-9,12-13,15H,2-5,14H2,1H3;3-6H,1-2H3;/t12-,13-;;/m1../s1. The monoisotopic (exact) mass is 476 g/mol. The molecule has 0 amide bonds. The molecule has 2 aromatic rings. The van der Waals surface area contributed by atoms with Gasteiger partial charge in [-0.25, -0.2) is 13.1 Å². The first kappa shape index (κ1) is 24.0. The van der Waals surface area contributed by atoms with Crippen molar-refractivity contribution in [2.24, 2.45) is 5.73 Å². The van der Waals surface area contributed by atoms with Crippen LogP contribution in [0.4, 0.5) is 0 Å². The van der Waals surface area contributed by atoms with E-state index in [9.17, 15) is 8.42 Å². The Labute approximate surface area is 176 Å². The minimum absolute atomic E-state index is 0. The molecule has 0 spiro atoms. The van der Waals surface area contributed by atoms with Crippen molar-refractivity contribution in [2.75, 3.05) is 0 Å². The van der Waals surface area contributed by atoms with Crippen molar-refractivity contribution < 1.29 is 27.9 Å². The van der Waals surface area contributed by atoms with Gasteiger partial charge in [0.1, 0.15) is 0 Å². The van der Waals surface area contributed by atoms with Crippen molar-refractivity contribution in [1.82, 2.24) is 4.72 Å². The van der Waals surface area contributed by atoms with Crippen LogP contribution in [-0.2, 0) is 29.5 Å². The maximum absolute atomic E-state index is 12.2. The summed E-state index contributed by atoms with van der Waals surface area (Å²) in [7, 11) is -3.44. The Morgan fingerprint density at radius 2 is 1.44 bits per heavy atom. The van der Waals surface area contributed by atoms with Gasteiger partial charge in [0.25, 0.3) is 0 Å². The van der Waals surface area contributed by atoms with Gasteiger partial charge in [-0.3, -0.25) is 0 Å². The molecule has 27 heavy (non-hydrogen) atoms. The number of hydrogen-bond donors (Lipinski definition) is 2. The molecule has 0 radical (unpaired) electrons. The number of hydrogen-bond acceptors (Lipinski definition) is 3. The van der Waals surface area contributed by atoms with E-state index < -0.39 is 10.0 Å². The molecule has 1 aliphatic carbocycles. The molecule has 1 aliphatic rings. The second kappa shape index (κ2) is 11.1. The second-order valence-electron chi connectivity index (χ2n) is 7.15. The summed E-state index contributed by atoms with van der Waals surface area (Å²) in [6.45, 7) is 6.14. The molecule has 3 rings (SSSR count). The quantitative estimate of drug-likeness (QED) is 0.663. The van der Waals surface area contributed by atoms with Crippen LogP contribution in [0.2, 0.25) is 0 Å². The molecule has 0 saturated heterocycles. The maximum atomic E-state index is 12.2. The summed E-state index contributed by atoms with van der Waals surface area (Å²) in [6, 6.07) is 15.1. The predicted molar refractivity (Wildman–Crippen MR) is 108 cm³/mol. The van der Waals surface area contributed by atoms with E-state index in [0.29, 0.717) is 4.90 Å². The molecule has 2 atom stereocenters. The second-order valence-corrected chi connectivity index (χ2v) is 8.86. The van der Waals surface area contributed by atoms with Gasteiger partial charge in [-0.2, -0.15) is 0 Å². The zero-order chi connectivity index (χ0) is 19.2. The Morgan fingerprint density at radius 3 is 1.93 bits per heavy atom. The molecule has 0 bridgehead atoms. The third-order valence-electron chi connectivity index (χ3n) is 4.63. The van der Waals surface area contributed by atoms with Crippen molar-refractivity contribution in [3.05, 3.63) is 65.2 Å². The molecule has 0 unspecified atom stereocenters. The first-order chi connectivity index (χ1) is 12.3. The normalized spacial score (nSPS) is 19.4. The molecular formula is C21H30N2O2RuS. The zero-order valence-corrected chi connectivity index (χ0v) is 18.8. The molecule has 1 saturated carbocycles. The molecule has 0 heterocycles. The fourth-order valence-corrected chi connectivity index (χ4v) is 4.42.